The van der Waals surface area contributed by atoms with Crippen LogP contribution >= 0.6 is 11.6 Å². The number of halogens is 1. The molecule has 142 valence electrons. The quantitative estimate of drug-likeness (QED) is 0.797. The number of nitrogens with two attached hydrogens (primary N) is 1. The van der Waals surface area contributed by atoms with Crippen LogP contribution in [0.4, 0.5) is 0 Å². The summed E-state index contributed by atoms with van der Waals surface area (Å²) in [4.78, 5) is 25.8. The molecule has 1 aliphatic rings. The fraction of sp³-hybridized carbons (Fsp3) is 0.300. The van der Waals surface area contributed by atoms with Crippen LogP contribution in [0.2, 0.25) is 5.02 Å². The molecule has 27 heavy (non-hydrogen) atoms. The van der Waals surface area contributed by atoms with Gasteiger partial charge in [0.1, 0.15) is 5.75 Å². The monoisotopic (exact) mass is 387 g/mol. The van der Waals surface area contributed by atoms with Crippen LogP contribution in [0.5, 0.6) is 5.75 Å². The van der Waals surface area contributed by atoms with Gasteiger partial charge in [-0.3, -0.25) is 9.59 Å². The van der Waals surface area contributed by atoms with Gasteiger partial charge in [-0.2, -0.15) is 0 Å². The zero-order valence-corrected chi connectivity index (χ0v) is 15.6. The molecular weight excluding hydrogens is 366 g/mol. The van der Waals surface area contributed by atoms with Crippen molar-refractivity contribution < 1.29 is 14.3 Å². The molecule has 0 saturated carbocycles. The number of hydrogen-bond acceptors (Lipinski definition) is 4. The summed E-state index contributed by atoms with van der Waals surface area (Å²) in [5, 5.41) is 3.98. The first-order valence-electron chi connectivity index (χ1n) is 8.83. The van der Waals surface area contributed by atoms with Crippen LogP contribution in [0.15, 0.2) is 48.5 Å². The fourth-order valence-electron chi connectivity index (χ4n) is 3.15. The highest BCUT2D eigenvalue weighted by Gasteiger charge is 2.27. The molecule has 3 rings (SSSR count). The number of carbonyl (C=O) groups excluding carboxylic acids is 2. The minimum atomic E-state index is -0.512. The van der Waals surface area contributed by atoms with Gasteiger partial charge in [-0.25, -0.2) is 0 Å². The first-order chi connectivity index (χ1) is 13.0. The standard InChI is InChI=1S/C20H22ClN3O3/c21-16-5-1-3-14(11-16)18-13-23-8-9-24(18)19(25)7-10-27-17-6-2-4-15(12-17)20(22)26/h1-6,11-12,18,23H,7-10,13H2,(H2,22,26). The van der Waals surface area contributed by atoms with Crippen molar-refractivity contribution >= 4 is 23.4 Å². The van der Waals surface area contributed by atoms with Gasteiger partial charge in [0.2, 0.25) is 11.8 Å². The van der Waals surface area contributed by atoms with Gasteiger partial charge in [-0.15, -0.1) is 0 Å². The Balaban J connectivity index is 1.60. The largest absolute Gasteiger partial charge is 0.493 e. The Kier molecular flexibility index (Phi) is 6.32. The first kappa shape index (κ1) is 19.2. The summed E-state index contributed by atoms with van der Waals surface area (Å²) in [6.45, 7) is 2.30. The van der Waals surface area contributed by atoms with E-state index in [0.717, 1.165) is 12.1 Å². The van der Waals surface area contributed by atoms with Crippen LogP contribution < -0.4 is 15.8 Å². The topological polar surface area (TPSA) is 84.7 Å². The fourth-order valence-corrected chi connectivity index (χ4v) is 3.35. The maximum Gasteiger partial charge on any atom is 0.248 e. The van der Waals surface area contributed by atoms with Crippen LogP contribution in [-0.2, 0) is 4.79 Å². The van der Waals surface area contributed by atoms with Crippen LogP contribution in [-0.4, -0.2) is 43.0 Å². The van der Waals surface area contributed by atoms with Gasteiger partial charge in [-0.1, -0.05) is 29.8 Å². The van der Waals surface area contributed by atoms with E-state index in [1.54, 1.807) is 24.3 Å². The third kappa shape index (κ3) is 4.99. The number of carbonyl (C=O) groups is 2. The molecule has 1 atom stereocenters. The Morgan fingerprint density at radius 1 is 1.22 bits per heavy atom. The Labute approximate surface area is 163 Å². The smallest absolute Gasteiger partial charge is 0.248 e. The van der Waals surface area contributed by atoms with Gasteiger partial charge in [0, 0.05) is 30.2 Å². The SMILES string of the molecule is NC(=O)c1cccc(OCCC(=O)N2CCNCC2c2cccc(Cl)c2)c1. The van der Waals surface area contributed by atoms with E-state index in [1.807, 2.05) is 29.2 Å². The van der Waals surface area contributed by atoms with E-state index in [-0.39, 0.29) is 25.0 Å². The van der Waals surface area contributed by atoms with Gasteiger partial charge in [0.15, 0.2) is 0 Å². The third-order valence-corrected chi connectivity index (χ3v) is 4.74. The molecule has 1 saturated heterocycles. The summed E-state index contributed by atoms with van der Waals surface area (Å²) in [6, 6.07) is 14.2. The molecule has 1 fully saturated rings. The van der Waals surface area contributed by atoms with Crippen molar-refractivity contribution in [1.82, 2.24) is 10.2 Å². The Hall–Kier alpha value is -2.57. The summed E-state index contributed by atoms with van der Waals surface area (Å²) in [7, 11) is 0. The van der Waals surface area contributed by atoms with E-state index in [2.05, 4.69) is 5.32 Å². The summed E-state index contributed by atoms with van der Waals surface area (Å²) in [5.41, 5.74) is 6.66. The Morgan fingerprint density at radius 3 is 2.81 bits per heavy atom. The highest BCUT2D eigenvalue weighted by atomic mass is 35.5. The van der Waals surface area contributed by atoms with Crippen LogP contribution in [0.1, 0.15) is 28.4 Å². The van der Waals surface area contributed by atoms with Gasteiger partial charge in [0.25, 0.3) is 0 Å². The molecule has 1 aliphatic heterocycles. The minimum absolute atomic E-state index is 0.0209. The first-order valence-corrected chi connectivity index (χ1v) is 9.21. The van der Waals surface area contributed by atoms with Crippen molar-refractivity contribution in [3.05, 3.63) is 64.7 Å². The Morgan fingerprint density at radius 2 is 2.04 bits per heavy atom. The maximum absolute atomic E-state index is 12.7. The third-order valence-electron chi connectivity index (χ3n) is 4.50. The van der Waals surface area contributed by atoms with Crippen molar-refractivity contribution in [2.24, 2.45) is 5.73 Å². The van der Waals surface area contributed by atoms with Gasteiger partial charge < -0.3 is 20.7 Å². The molecule has 0 aromatic heterocycles. The molecule has 2 amide bonds. The average molecular weight is 388 g/mol. The second kappa shape index (κ2) is 8.88. The molecule has 6 nitrogen and oxygen atoms in total. The van der Waals surface area contributed by atoms with Crippen LogP contribution in [0.3, 0.4) is 0 Å². The highest BCUT2D eigenvalue weighted by Crippen LogP contribution is 2.25. The summed E-state index contributed by atoms with van der Waals surface area (Å²) in [5.74, 6) is 0.0278. The number of ether oxygens (including phenoxy) is 1. The molecule has 0 bridgehead atoms. The van der Waals surface area contributed by atoms with E-state index in [0.29, 0.717) is 29.4 Å². The van der Waals surface area contributed by atoms with E-state index in [1.165, 1.54) is 0 Å². The van der Waals surface area contributed by atoms with E-state index >= 15 is 0 Å². The Bertz CT molecular complexity index is 828. The molecule has 1 unspecified atom stereocenters. The van der Waals surface area contributed by atoms with Crippen LogP contribution in [0, 0.1) is 0 Å². The van der Waals surface area contributed by atoms with Gasteiger partial charge >= 0.3 is 0 Å². The molecule has 2 aromatic carbocycles. The lowest BCUT2D eigenvalue weighted by Gasteiger charge is -2.36. The number of rotatable bonds is 6. The maximum atomic E-state index is 12.7. The lowest BCUT2D eigenvalue weighted by molar-refractivity contribution is -0.135. The van der Waals surface area contributed by atoms with E-state index < -0.39 is 5.91 Å². The summed E-state index contributed by atoms with van der Waals surface area (Å²) >= 11 is 6.10. The lowest BCUT2D eigenvalue weighted by atomic mass is 10.0. The second-order valence-electron chi connectivity index (χ2n) is 6.35. The normalized spacial score (nSPS) is 16.8. The average Bonchev–Trinajstić information content (AvgIpc) is 2.68. The lowest BCUT2D eigenvalue weighted by Crippen LogP contribution is -2.48. The number of benzene rings is 2. The molecule has 2 aromatic rings. The number of amides is 2. The summed E-state index contributed by atoms with van der Waals surface area (Å²) in [6.07, 6.45) is 0.248. The van der Waals surface area contributed by atoms with E-state index in [9.17, 15) is 9.59 Å². The number of piperazine rings is 1. The van der Waals surface area contributed by atoms with Crippen molar-refractivity contribution in [2.45, 2.75) is 12.5 Å². The van der Waals surface area contributed by atoms with Crippen molar-refractivity contribution in [2.75, 3.05) is 26.2 Å². The molecule has 1 heterocycles. The number of hydrogen-bond donors (Lipinski definition) is 2. The zero-order chi connectivity index (χ0) is 19.2. The molecule has 0 aliphatic carbocycles. The van der Waals surface area contributed by atoms with Gasteiger partial charge in [-0.05, 0) is 35.9 Å². The molecule has 0 spiro atoms. The predicted octanol–water partition coefficient (Wildman–Crippen LogP) is 2.38. The van der Waals surface area contributed by atoms with Crippen molar-refractivity contribution in [3.8, 4) is 5.75 Å². The number of nitrogens with one attached hydrogen (secondary N) is 1. The number of primary amides is 1. The summed E-state index contributed by atoms with van der Waals surface area (Å²) < 4.78 is 5.63. The molecule has 0 radical (unpaired) electrons. The zero-order valence-electron chi connectivity index (χ0n) is 14.9. The van der Waals surface area contributed by atoms with Gasteiger partial charge in [0.05, 0.1) is 19.1 Å². The van der Waals surface area contributed by atoms with Crippen LogP contribution in [0.25, 0.3) is 0 Å². The second-order valence-corrected chi connectivity index (χ2v) is 6.79. The van der Waals surface area contributed by atoms with Crippen molar-refractivity contribution in [1.29, 1.82) is 0 Å². The predicted molar refractivity (Wildman–Crippen MR) is 104 cm³/mol. The van der Waals surface area contributed by atoms with Crippen molar-refractivity contribution in [3.63, 3.8) is 0 Å². The van der Waals surface area contributed by atoms with E-state index in [4.69, 9.17) is 22.1 Å². The molecular formula is C20H22ClN3O3. The molecule has 3 N–H and O–H groups in total. The highest BCUT2D eigenvalue weighted by molar-refractivity contribution is 6.30. The minimum Gasteiger partial charge on any atom is -0.493 e. The molecule has 7 heteroatoms. The number of nitrogens with zero attached hydrogens (tertiary/aromatic N) is 1.